The minimum Gasteiger partial charge on any atom is -0.497 e. The highest BCUT2D eigenvalue weighted by Crippen LogP contribution is 2.46. The number of nitrogens with one attached hydrogen (secondary N) is 1. The molecule has 0 bridgehead atoms. The number of carbonyl (C=O) groups excluding carboxylic acids is 1. The van der Waals surface area contributed by atoms with Gasteiger partial charge in [0.15, 0.2) is 5.69 Å². The Morgan fingerprint density at radius 3 is 2.44 bits per heavy atom. The number of methoxy groups -OCH3 is 2. The van der Waals surface area contributed by atoms with Crippen molar-refractivity contribution in [2.75, 3.05) is 31.5 Å². The average molecular weight is 753 g/mol. The molecule has 15 nitrogen and oxygen atoms in total. The molecule has 0 spiro atoms. The lowest BCUT2D eigenvalue weighted by molar-refractivity contribution is 0.0586. The summed E-state index contributed by atoms with van der Waals surface area (Å²) >= 11 is 6.50. The third kappa shape index (κ3) is 7.15. The minimum atomic E-state index is -1.30. The first-order valence-electron chi connectivity index (χ1n) is 16.7. The van der Waals surface area contributed by atoms with Crippen LogP contribution in [-0.4, -0.2) is 68.4 Å². The summed E-state index contributed by atoms with van der Waals surface area (Å²) in [5, 5.41) is 28.3. The van der Waals surface area contributed by atoms with Crippen LogP contribution in [0.1, 0.15) is 83.7 Å². The number of anilines is 2. The lowest BCUT2D eigenvalue weighted by Gasteiger charge is -2.32. The van der Waals surface area contributed by atoms with Gasteiger partial charge in [-0.1, -0.05) is 36.7 Å². The Kier molecular flexibility index (Phi) is 10.1. The number of rotatable bonds is 9. The Hall–Kier alpha value is -6.40. The van der Waals surface area contributed by atoms with Crippen LogP contribution in [-0.2, 0) is 11.3 Å². The molecule has 3 heterocycles. The summed E-state index contributed by atoms with van der Waals surface area (Å²) in [6.45, 7) is 7.28. The van der Waals surface area contributed by atoms with Gasteiger partial charge < -0.3 is 29.2 Å². The fourth-order valence-corrected chi connectivity index (χ4v) is 6.56. The lowest BCUT2D eigenvalue weighted by atomic mass is 9.78. The van der Waals surface area contributed by atoms with Gasteiger partial charge in [0.1, 0.15) is 22.1 Å². The molecule has 0 radical (unpaired) electrons. The number of hydrogen-bond donors (Lipinski definition) is 2. The number of carboxylic acids is 1. The number of nitriles is 1. The maximum Gasteiger partial charge on any atom is 0.416 e. The first kappa shape index (κ1) is 37.4. The number of carbonyl (C=O) groups is 2. The van der Waals surface area contributed by atoms with Gasteiger partial charge >= 0.3 is 12.1 Å². The molecule has 2 unspecified atom stereocenters. The van der Waals surface area contributed by atoms with Crippen molar-refractivity contribution in [1.82, 2.24) is 24.3 Å². The molecule has 5 aromatic rings. The van der Waals surface area contributed by atoms with Crippen molar-refractivity contribution in [3.05, 3.63) is 116 Å². The smallest absolute Gasteiger partial charge is 0.416 e. The number of amides is 1. The molecule has 3 aromatic heterocycles. The largest absolute Gasteiger partial charge is 0.497 e. The maximum absolute atomic E-state index is 13.2. The van der Waals surface area contributed by atoms with Crippen molar-refractivity contribution < 1.29 is 28.9 Å². The van der Waals surface area contributed by atoms with Gasteiger partial charge in [-0.05, 0) is 67.8 Å². The van der Waals surface area contributed by atoms with E-state index in [1.54, 1.807) is 64.4 Å². The van der Waals surface area contributed by atoms with E-state index in [9.17, 15) is 24.8 Å². The summed E-state index contributed by atoms with van der Waals surface area (Å²) < 4.78 is 19.2. The zero-order chi connectivity index (χ0) is 39.1. The molecule has 0 saturated heterocycles. The molecular weight excluding hydrogens is 716 g/mol. The highest BCUT2D eigenvalue weighted by Gasteiger charge is 2.40. The van der Waals surface area contributed by atoms with E-state index in [1.807, 2.05) is 19.1 Å². The Balaban J connectivity index is 1.49. The molecule has 1 aliphatic carbocycles. The zero-order valence-electron chi connectivity index (χ0n) is 30.5. The molecule has 0 fully saturated rings. The topological polar surface area (TPSA) is 187 Å². The third-order valence-electron chi connectivity index (χ3n) is 8.83. The molecule has 16 heteroatoms. The van der Waals surface area contributed by atoms with Crippen LogP contribution in [0.4, 0.5) is 16.4 Å². The van der Waals surface area contributed by atoms with E-state index in [1.165, 1.54) is 35.7 Å². The third-order valence-corrected chi connectivity index (χ3v) is 9.10. The van der Waals surface area contributed by atoms with E-state index in [-0.39, 0.29) is 34.8 Å². The van der Waals surface area contributed by atoms with E-state index in [4.69, 9.17) is 25.8 Å². The van der Waals surface area contributed by atoms with Gasteiger partial charge in [0.05, 0.1) is 56.0 Å². The van der Waals surface area contributed by atoms with Gasteiger partial charge in [-0.2, -0.15) is 15.3 Å². The van der Waals surface area contributed by atoms with Crippen LogP contribution in [0.25, 0.3) is 5.69 Å². The summed E-state index contributed by atoms with van der Waals surface area (Å²) in [5.41, 5.74) is 2.61. The summed E-state index contributed by atoms with van der Waals surface area (Å²) in [7, 11) is 4.40. The molecule has 2 N–H and O–H groups in total. The predicted octanol–water partition coefficient (Wildman–Crippen LogP) is 6.15. The number of benzene rings is 2. The van der Waals surface area contributed by atoms with Crippen LogP contribution in [0.3, 0.4) is 0 Å². The summed E-state index contributed by atoms with van der Waals surface area (Å²) in [5.74, 6) is -1.15. The molecule has 0 saturated carbocycles. The molecule has 6 rings (SSSR count). The summed E-state index contributed by atoms with van der Waals surface area (Å²) in [6, 6.07) is 15.3. The zero-order valence-corrected chi connectivity index (χ0v) is 31.3. The molecule has 2 atom stereocenters. The van der Waals surface area contributed by atoms with E-state index in [2.05, 4.69) is 26.5 Å². The number of pyridine rings is 1. The molecule has 2 aromatic carbocycles. The number of carboxylic acid groups (broad SMARTS) is 1. The second-order valence-electron chi connectivity index (χ2n) is 13.6. The van der Waals surface area contributed by atoms with Crippen molar-refractivity contribution in [3.63, 3.8) is 0 Å². The highest BCUT2D eigenvalue weighted by molar-refractivity contribution is 6.30. The fourth-order valence-electron chi connectivity index (χ4n) is 6.33. The monoisotopic (exact) mass is 752 g/mol. The van der Waals surface area contributed by atoms with Crippen molar-refractivity contribution in [1.29, 1.82) is 5.26 Å². The van der Waals surface area contributed by atoms with Crippen LogP contribution in [0.5, 0.6) is 11.6 Å². The Labute approximate surface area is 315 Å². The quantitative estimate of drug-likeness (QED) is 0.175. The summed E-state index contributed by atoms with van der Waals surface area (Å²) in [6.07, 6.45) is 2.30. The van der Waals surface area contributed by atoms with Gasteiger partial charge in [-0.3, -0.25) is 4.79 Å². The number of fused-ring (bicyclic) bond motifs is 2. The highest BCUT2D eigenvalue weighted by atomic mass is 35.5. The number of halogens is 1. The van der Waals surface area contributed by atoms with Crippen molar-refractivity contribution >= 4 is 35.3 Å². The second kappa shape index (κ2) is 14.6. The van der Waals surface area contributed by atoms with Crippen LogP contribution >= 0.6 is 11.6 Å². The number of aromatic carboxylic acids is 1. The van der Waals surface area contributed by atoms with Crippen LogP contribution in [0.2, 0.25) is 5.02 Å². The minimum absolute atomic E-state index is 0.00307. The van der Waals surface area contributed by atoms with Crippen molar-refractivity contribution in [3.8, 4) is 23.4 Å². The molecule has 1 amide bonds. The lowest BCUT2D eigenvalue weighted by Crippen LogP contribution is -2.35. The Morgan fingerprint density at radius 2 is 1.81 bits per heavy atom. The summed E-state index contributed by atoms with van der Waals surface area (Å²) in [4.78, 5) is 48.9. The van der Waals surface area contributed by atoms with E-state index >= 15 is 0 Å². The number of ether oxygens (including phenoxy) is 3. The maximum atomic E-state index is 13.2. The average Bonchev–Trinajstić information content (AvgIpc) is 3.55. The van der Waals surface area contributed by atoms with Crippen molar-refractivity contribution in [2.24, 2.45) is 0 Å². The predicted molar refractivity (Wildman–Crippen MR) is 199 cm³/mol. The van der Waals surface area contributed by atoms with E-state index in [0.29, 0.717) is 33.8 Å². The molecular formula is C38H37ClN8O7. The van der Waals surface area contributed by atoms with Gasteiger partial charge in [0.25, 0.3) is 5.56 Å². The normalized spacial score (nSPS) is 14.6. The van der Waals surface area contributed by atoms with Crippen LogP contribution in [0.15, 0.2) is 65.7 Å². The molecule has 54 heavy (non-hydrogen) atoms. The standard InChI is InChI=1S/C38H37ClN8O7/c1-20-26-14-22(16-40)10-13-25(26)30(42-23-15-27(39)34(48)46(19-23)18-21-8-11-24(52-6)12-9-21)29-31(35(49)50)44-47(32(20)29)28-17-41-36(43-33(28)53-7)45(5)37(51)54-38(2,3)4/h8-15,17,19-20,30,42H,18H2,1-7H3,(H,49,50). The Morgan fingerprint density at radius 1 is 1.09 bits per heavy atom. The first-order chi connectivity index (χ1) is 25.6. The van der Waals surface area contributed by atoms with Gasteiger partial charge in [-0.15, -0.1) is 0 Å². The number of nitrogens with zero attached hydrogens (tertiary/aromatic N) is 7. The molecule has 278 valence electrons. The molecule has 0 aliphatic heterocycles. The number of hydrogen-bond acceptors (Lipinski definition) is 11. The SMILES string of the molecule is COc1ccc(Cn2cc(NC3c4ccc(C#N)cc4C(C)c4c3c(C(=O)O)nn4-c3cnc(N(C)C(=O)OC(C)(C)C)nc3OC)cc(Cl)c2=O)cc1. The van der Waals surface area contributed by atoms with Gasteiger partial charge in [0, 0.05) is 24.7 Å². The first-order valence-corrected chi connectivity index (χ1v) is 17.1. The van der Waals surface area contributed by atoms with Crippen LogP contribution in [0, 0.1) is 11.3 Å². The second-order valence-corrected chi connectivity index (χ2v) is 14.0. The number of aromatic nitrogens is 5. The van der Waals surface area contributed by atoms with Gasteiger partial charge in [-0.25, -0.2) is 24.2 Å². The van der Waals surface area contributed by atoms with Gasteiger partial charge in [0.2, 0.25) is 11.8 Å². The molecule has 1 aliphatic rings. The fraction of sp³-hybridized carbons (Fsp3) is 0.289. The van der Waals surface area contributed by atoms with Crippen molar-refractivity contribution in [2.45, 2.75) is 51.8 Å². The van der Waals surface area contributed by atoms with Crippen LogP contribution < -0.4 is 25.2 Å². The van der Waals surface area contributed by atoms with E-state index < -0.39 is 35.2 Å². The Bertz CT molecular complexity index is 2380. The van der Waals surface area contributed by atoms with E-state index in [0.717, 1.165) is 16.0 Å².